The van der Waals surface area contributed by atoms with Crippen molar-refractivity contribution in [1.82, 2.24) is 24.9 Å². The third-order valence-corrected chi connectivity index (χ3v) is 5.22. The zero-order valence-electron chi connectivity index (χ0n) is 15.2. The highest BCUT2D eigenvalue weighted by Crippen LogP contribution is 2.20. The number of nitrogens with zero attached hydrogens (tertiary/aromatic N) is 4. The number of benzene rings is 2. The Morgan fingerprint density at radius 2 is 2.04 bits per heavy atom. The van der Waals surface area contributed by atoms with Gasteiger partial charge in [-0.25, -0.2) is 0 Å². The summed E-state index contributed by atoms with van der Waals surface area (Å²) >= 11 is 3.47. The fourth-order valence-corrected chi connectivity index (χ4v) is 3.56. The second-order valence-electron chi connectivity index (χ2n) is 6.54. The molecular weight excluding hydrogens is 422 g/mol. The summed E-state index contributed by atoms with van der Waals surface area (Å²) in [5.41, 5.74) is 1.29. The summed E-state index contributed by atoms with van der Waals surface area (Å²) in [4.78, 5) is 25.1. The van der Waals surface area contributed by atoms with Crippen LogP contribution in [0.25, 0.3) is 21.8 Å². The predicted molar refractivity (Wildman–Crippen MR) is 111 cm³/mol. The van der Waals surface area contributed by atoms with Gasteiger partial charge in [0.2, 0.25) is 5.91 Å². The van der Waals surface area contributed by atoms with Crippen molar-refractivity contribution in [3.05, 3.63) is 69.6 Å². The lowest BCUT2D eigenvalue weighted by atomic mass is 10.2. The molecule has 0 radical (unpaired) electrons. The molecule has 0 aliphatic carbocycles. The van der Waals surface area contributed by atoms with E-state index in [1.807, 2.05) is 24.4 Å². The average molecular weight is 440 g/mol. The molecule has 1 N–H and O–H groups in total. The van der Waals surface area contributed by atoms with Crippen LogP contribution in [0.3, 0.4) is 0 Å². The Labute approximate surface area is 169 Å². The quantitative estimate of drug-likeness (QED) is 0.518. The zero-order valence-corrected chi connectivity index (χ0v) is 16.8. The van der Waals surface area contributed by atoms with Crippen molar-refractivity contribution in [2.45, 2.75) is 19.5 Å². The second kappa shape index (κ2) is 7.55. The minimum absolute atomic E-state index is 0.272. The maximum Gasteiger partial charge on any atom is 0.278 e. The minimum atomic E-state index is -0.748. The van der Waals surface area contributed by atoms with E-state index in [0.29, 0.717) is 24.0 Å². The summed E-state index contributed by atoms with van der Waals surface area (Å²) in [6, 6.07) is 14.3. The molecule has 4 rings (SSSR count). The number of carbonyl (C=O) groups excluding carboxylic acids is 1. The number of aromatic nitrogens is 4. The van der Waals surface area contributed by atoms with Gasteiger partial charge in [0.05, 0.1) is 5.39 Å². The molecule has 0 fully saturated rings. The Hall–Kier alpha value is -3.00. The number of halogens is 1. The van der Waals surface area contributed by atoms with Crippen LogP contribution in [0.4, 0.5) is 0 Å². The van der Waals surface area contributed by atoms with Crippen molar-refractivity contribution in [2.24, 2.45) is 0 Å². The Morgan fingerprint density at radius 3 is 2.89 bits per heavy atom. The number of rotatable bonds is 5. The van der Waals surface area contributed by atoms with E-state index in [0.717, 1.165) is 20.1 Å². The van der Waals surface area contributed by atoms with Crippen molar-refractivity contribution < 1.29 is 4.79 Å². The Morgan fingerprint density at radius 1 is 1.21 bits per heavy atom. The van der Waals surface area contributed by atoms with Crippen LogP contribution in [0, 0.1) is 0 Å². The molecule has 1 amide bonds. The van der Waals surface area contributed by atoms with Crippen molar-refractivity contribution >= 4 is 43.6 Å². The van der Waals surface area contributed by atoms with Gasteiger partial charge in [-0.05, 0) is 43.3 Å². The monoisotopic (exact) mass is 439 g/mol. The van der Waals surface area contributed by atoms with Crippen LogP contribution in [0.15, 0.2) is 64.0 Å². The van der Waals surface area contributed by atoms with Crippen LogP contribution in [0.2, 0.25) is 0 Å². The maximum atomic E-state index is 12.6. The minimum Gasteiger partial charge on any atom is -0.352 e. The van der Waals surface area contributed by atoms with E-state index in [-0.39, 0.29) is 11.5 Å². The first-order valence-corrected chi connectivity index (χ1v) is 9.70. The molecule has 0 aliphatic rings. The van der Waals surface area contributed by atoms with Gasteiger partial charge < -0.3 is 9.88 Å². The standard InChI is InChI=1S/C20H18BrN5O2/c1-13(26-20(28)16-4-2-3-5-17(16)23-24-26)19(27)22-9-11-25-10-8-14-12-15(21)6-7-18(14)25/h2-8,10,12-13H,9,11H2,1H3,(H,22,27). The molecule has 2 aromatic carbocycles. The predicted octanol–water partition coefficient (Wildman–Crippen LogP) is 2.89. The smallest absolute Gasteiger partial charge is 0.278 e. The molecular formula is C20H18BrN5O2. The number of hydrogen-bond acceptors (Lipinski definition) is 4. The van der Waals surface area contributed by atoms with Gasteiger partial charge in [-0.3, -0.25) is 9.59 Å². The second-order valence-corrected chi connectivity index (χ2v) is 7.45. The first-order valence-electron chi connectivity index (χ1n) is 8.91. The van der Waals surface area contributed by atoms with E-state index in [9.17, 15) is 9.59 Å². The Bertz CT molecular complexity index is 1230. The van der Waals surface area contributed by atoms with E-state index in [1.165, 1.54) is 0 Å². The van der Waals surface area contributed by atoms with Gasteiger partial charge in [0.25, 0.3) is 5.56 Å². The van der Waals surface area contributed by atoms with Gasteiger partial charge in [0.1, 0.15) is 11.6 Å². The normalized spacial score (nSPS) is 12.4. The van der Waals surface area contributed by atoms with Gasteiger partial charge >= 0.3 is 0 Å². The van der Waals surface area contributed by atoms with E-state index in [1.54, 1.807) is 31.2 Å². The van der Waals surface area contributed by atoms with Crippen LogP contribution >= 0.6 is 15.9 Å². The molecule has 4 aromatic rings. The zero-order chi connectivity index (χ0) is 19.7. The lowest BCUT2D eigenvalue weighted by molar-refractivity contribution is -0.124. The molecule has 28 heavy (non-hydrogen) atoms. The highest BCUT2D eigenvalue weighted by atomic mass is 79.9. The molecule has 0 saturated carbocycles. The number of nitrogens with one attached hydrogen (secondary N) is 1. The van der Waals surface area contributed by atoms with E-state index < -0.39 is 6.04 Å². The molecule has 2 heterocycles. The summed E-state index contributed by atoms with van der Waals surface area (Å²) in [5.74, 6) is -0.272. The van der Waals surface area contributed by atoms with Gasteiger partial charge in [0.15, 0.2) is 0 Å². The number of fused-ring (bicyclic) bond motifs is 2. The van der Waals surface area contributed by atoms with Crippen LogP contribution in [-0.2, 0) is 11.3 Å². The summed E-state index contributed by atoms with van der Waals surface area (Å²) in [5, 5.41) is 12.4. The third kappa shape index (κ3) is 3.43. The summed E-state index contributed by atoms with van der Waals surface area (Å²) in [6.45, 7) is 2.71. The summed E-state index contributed by atoms with van der Waals surface area (Å²) < 4.78 is 4.23. The molecule has 1 atom stereocenters. The lowest BCUT2D eigenvalue weighted by Crippen LogP contribution is -2.38. The molecule has 1 unspecified atom stereocenters. The Kier molecular flexibility index (Phi) is 4.95. The highest BCUT2D eigenvalue weighted by molar-refractivity contribution is 9.10. The van der Waals surface area contributed by atoms with E-state index >= 15 is 0 Å². The first-order chi connectivity index (χ1) is 13.5. The van der Waals surface area contributed by atoms with Crippen molar-refractivity contribution in [2.75, 3.05) is 6.54 Å². The Balaban J connectivity index is 1.45. The van der Waals surface area contributed by atoms with E-state index in [2.05, 4.69) is 42.2 Å². The lowest BCUT2D eigenvalue weighted by Gasteiger charge is -2.14. The van der Waals surface area contributed by atoms with Crippen LogP contribution < -0.4 is 10.9 Å². The van der Waals surface area contributed by atoms with Crippen LogP contribution in [0.5, 0.6) is 0 Å². The average Bonchev–Trinajstić information content (AvgIpc) is 3.10. The first kappa shape index (κ1) is 18.4. The molecule has 0 spiro atoms. The molecule has 7 nitrogen and oxygen atoms in total. The molecule has 0 bridgehead atoms. The molecule has 8 heteroatoms. The SMILES string of the molecule is CC(C(=O)NCCn1ccc2cc(Br)ccc21)n1nnc2ccccc2c1=O. The number of hydrogen-bond donors (Lipinski definition) is 1. The fourth-order valence-electron chi connectivity index (χ4n) is 3.18. The molecule has 142 valence electrons. The number of carbonyl (C=O) groups is 1. The van der Waals surface area contributed by atoms with E-state index in [4.69, 9.17) is 0 Å². The molecule has 0 aliphatic heterocycles. The maximum absolute atomic E-state index is 12.6. The van der Waals surface area contributed by atoms with Gasteiger partial charge in [0, 0.05) is 34.7 Å². The molecule has 0 saturated heterocycles. The van der Waals surface area contributed by atoms with Crippen molar-refractivity contribution in [3.63, 3.8) is 0 Å². The topological polar surface area (TPSA) is 81.8 Å². The van der Waals surface area contributed by atoms with Crippen LogP contribution in [-0.4, -0.2) is 32.0 Å². The van der Waals surface area contributed by atoms with Crippen molar-refractivity contribution in [3.8, 4) is 0 Å². The van der Waals surface area contributed by atoms with Gasteiger partial charge in [-0.1, -0.05) is 33.3 Å². The fraction of sp³-hybridized carbons (Fsp3) is 0.200. The van der Waals surface area contributed by atoms with Crippen molar-refractivity contribution in [1.29, 1.82) is 0 Å². The summed E-state index contributed by atoms with van der Waals surface area (Å²) in [6.07, 6.45) is 1.99. The molecule has 2 aromatic heterocycles. The number of amides is 1. The summed E-state index contributed by atoms with van der Waals surface area (Å²) in [7, 11) is 0. The third-order valence-electron chi connectivity index (χ3n) is 4.72. The van der Waals surface area contributed by atoms with Gasteiger partial charge in [-0.2, -0.15) is 4.68 Å². The highest BCUT2D eigenvalue weighted by Gasteiger charge is 2.18. The largest absolute Gasteiger partial charge is 0.352 e. The van der Waals surface area contributed by atoms with Crippen LogP contribution in [0.1, 0.15) is 13.0 Å². The van der Waals surface area contributed by atoms with Gasteiger partial charge in [-0.15, -0.1) is 5.10 Å².